The minimum atomic E-state index is -3.87. The molecule has 2 aromatic carbocycles. The monoisotopic (exact) mass is 449 g/mol. The summed E-state index contributed by atoms with van der Waals surface area (Å²) in [5.41, 5.74) is 1.03. The molecule has 2 rings (SSSR count). The number of carbonyl (C=O) groups excluding carboxylic acids is 2. The third-order valence-electron chi connectivity index (χ3n) is 4.89. The molecular weight excluding hydrogens is 421 g/mol. The number of halogens is 1. The Morgan fingerprint density at radius 3 is 2.32 bits per heavy atom. The Morgan fingerprint density at radius 2 is 1.77 bits per heavy atom. The van der Waals surface area contributed by atoms with E-state index >= 15 is 0 Å². The van der Waals surface area contributed by atoms with Gasteiger partial charge in [0.15, 0.2) is 0 Å². The van der Waals surface area contributed by atoms with Crippen LogP contribution in [0.4, 0.5) is 10.1 Å². The maximum Gasteiger partial charge on any atom is 0.244 e. The Kier molecular flexibility index (Phi) is 8.56. The van der Waals surface area contributed by atoms with Crippen LogP contribution in [0.2, 0.25) is 0 Å². The van der Waals surface area contributed by atoms with Crippen molar-refractivity contribution in [1.82, 2.24) is 10.2 Å². The van der Waals surface area contributed by atoms with Crippen molar-refractivity contribution in [3.05, 3.63) is 66.0 Å². The number of sulfonamides is 1. The van der Waals surface area contributed by atoms with Crippen molar-refractivity contribution < 1.29 is 22.4 Å². The molecule has 0 aliphatic rings. The molecule has 2 aromatic rings. The first kappa shape index (κ1) is 24.3. The maximum absolute atomic E-state index is 13.7. The van der Waals surface area contributed by atoms with Gasteiger partial charge in [-0.3, -0.25) is 13.9 Å². The van der Waals surface area contributed by atoms with Crippen LogP contribution in [-0.2, 0) is 26.0 Å². The van der Waals surface area contributed by atoms with Gasteiger partial charge in [0.05, 0.1) is 11.9 Å². The first-order valence-electron chi connectivity index (χ1n) is 9.95. The van der Waals surface area contributed by atoms with Crippen molar-refractivity contribution in [2.45, 2.75) is 25.8 Å². The van der Waals surface area contributed by atoms with Crippen molar-refractivity contribution in [2.75, 3.05) is 30.7 Å². The third kappa shape index (κ3) is 6.78. The Labute approximate surface area is 182 Å². The van der Waals surface area contributed by atoms with Crippen molar-refractivity contribution in [2.24, 2.45) is 0 Å². The van der Waals surface area contributed by atoms with Crippen molar-refractivity contribution in [3.63, 3.8) is 0 Å². The van der Waals surface area contributed by atoms with Gasteiger partial charge in [-0.1, -0.05) is 43.3 Å². The molecule has 0 heterocycles. The van der Waals surface area contributed by atoms with Crippen LogP contribution in [0.3, 0.4) is 0 Å². The van der Waals surface area contributed by atoms with Crippen LogP contribution in [0.15, 0.2) is 54.6 Å². The highest BCUT2D eigenvalue weighted by molar-refractivity contribution is 7.92. The van der Waals surface area contributed by atoms with Crippen LogP contribution in [0.25, 0.3) is 0 Å². The molecule has 9 heteroatoms. The molecule has 0 aliphatic carbocycles. The lowest BCUT2D eigenvalue weighted by Gasteiger charge is -2.32. The lowest BCUT2D eigenvalue weighted by molar-refractivity contribution is -0.139. The zero-order valence-electron chi connectivity index (χ0n) is 17.9. The molecule has 1 N–H and O–H groups in total. The molecule has 0 saturated carbocycles. The molecule has 0 unspecified atom stereocenters. The fourth-order valence-electron chi connectivity index (χ4n) is 3.31. The van der Waals surface area contributed by atoms with Crippen molar-refractivity contribution in [3.8, 4) is 0 Å². The highest BCUT2D eigenvalue weighted by atomic mass is 32.2. The average molecular weight is 450 g/mol. The van der Waals surface area contributed by atoms with Gasteiger partial charge in [-0.05, 0) is 36.6 Å². The van der Waals surface area contributed by atoms with E-state index in [4.69, 9.17) is 0 Å². The predicted octanol–water partition coefficient (Wildman–Crippen LogP) is 2.19. The zero-order valence-corrected chi connectivity index (χ0v) is 18.7. The van der Waals surface area contributed by atoms with Crippen LogP contribution in [0.5, 0.6) is 0 Å². The lowest BCUT2D eigenvalue weighted by atomic mass is 10.1. The number of nitrogens with zero attached hydrogens (tertiary/aromatic N) is 2. The van der Waals surface area contributed by atoms with Gasteiger partial charge in [-0.2, -0.15) is 0 Å². The van der Waals surface area contributed by atoms with E-state index < -0.39 is 34.3 Å². The smallest absolute Gasteiger partial charge is 0.244 e. The second-order valence-corrected chi connectivity index (χ2v) is 9.02. The van der Waals surface area contributed by atoms with Gasteiger partial charge in [0, 0.05) is 13.6 Å². The molecule has 0 fully saturated rings. The minimum absolute atomic E-state index is 0.0480. The minimum Gasteiger partial charge on any atom is -0.357 e. The van der Waals surface area contributed by atoms with Gasteiger partial charge in [-0.25, -0.2) is 12.8 Å². The van der Waals surface area contributed by atoms with E-state index in [0.29, 0.717) is 12.8 Å². The predicted molar refractivity (Wildman–Crippen MR) is 119 cm³/mol. The van der Waals surface area contributed by atoms with Gasteiger partial charge in [0.2, 0.25) is 21.8 Å². The van der Waals surface area contributed by atoms with E-state index in [0.717, 1.165) is 22.2 Å². The molecule has 0 aromatic heterocycles. The van der Waals surface area contributed by atoms with Gasteiger partial charge >= 0.3 is 0 Å². The SMILES string of the molecule is CC[C@H](C(=O)NC)N(CCc1ccccc1)C(=O)CN(c1cccc(F)c1)S(C)(=O)=O. The highest BCUT2D eigenvalue weighted by Gasteiger charge is 2.31. The summed E-state index contributed by atoms with van der Waals surface area (Å²) >= 11 is 0. The molecule has 7 nitrogen and oxygen atoms in total. The van der Waals surface area contributed by atoms with Crippen LogP contribution in [0, 0.1) is 5.82 Å². The quantitative estimate of drug-likeness (QED) is 0.602. The van der Waals surface area contributed by atoms with Gasteiger partial charge in [0.25, 0.3) is 0 Å². The fourth-order valence-corrected chi connectivity index (χ4v) is 4.15. The first-order valence-corrected chi connectivity index (χ1v) is 11.8. The van der Waals surface area contributed by atoms with Gasteiger partial charge < -0.3 is 10.2 Å². The summed E-state index contributed by atoms with van der Waals surface area (Å²) in [6.07, 6.45) is 1.81. The van der Waals surface area contributed by atoms with Gasteiger partial charge in [-0.15, -0.1) is 0 Å². The van der Waals surface area contributed by atoms with Crippen LogP contribution < -0.4 is 9.62 Å². The van der Waals surface area contributed by atoms with E-state index in [-0.39, 0.29) is 18.1 Å². The molecule has 2 amide bonds. The Bertz CT molecular complexity index is 999. The summed E-state index contributed by atoms with van der Waals surface area (Å²) in [6, 6.07) is 13.8. The highest BCUT2D eigenvalue weighted by Crippen LogP contribution is 2.20. The normalized spacial score (nSPS) is 12.1. The van der Waals surface area contributed by atoms with Crippen LogP contribution in [0.1, 0.15) is 18.9 Å². The molecule has 0 aliphatic heterocycles. The van der Waals surface area contributed by atoms with Crippen LogP contribution in [-0.4, -0.2) is 57.6 Å². The molecule has 0 spiro atoms. The van der Waals surface area contributed by atoms with Crippen molar-refractivity contribution >= 4 is 27.5 Å². The third-order valence-corrected chi connectivity index (χ3v) is 6.03. The van der Waals surface area contributed by atoms with Crippen molar-refractivity contribution in [1.29, 1.82) is 0 Å². The number of benzene rings is 2. The summed E-state index contributed by atoms with van der Waals surface area (Å²) in [6.45, 7) is 1.48. The second-order valence-electron chi connectivity index (χ2n) is 7.11. The Hall–Kier alpha value is -2.94. The van der Waals surface area contributed by atoms with E-state index in [2.05, 4.69) is 5.32 Å². The van der Waals surface area contributed by atoms with E-state index in [1.54, 1.807) is 6.92 Å². The van der Waals surface area contributed by atoms with Crippen LogP contribution >= 0.6 is 0 Å². The summed E-state index contributed by atoms with van der Waals surface area (Å²) in [7, 11) is -2.38. The zero-order chi connectivity index (χ0) is 23.0. The summed E-state index contributed by atoms with van der Waals surface area (Å²) in [5, 5.41) is 2.56. The van der Waals surface area contributed by atoms with E-state index in [1.165, 1.54) is 30.1 Å². The van der Waals surface area contributed by atoms with Gasteiger partial charge in [0.1, 0.15) is 18.4 Å². The number of rotatable bonds is 10. The molecule has 168 valence electrons. The summed E-state index contributed by atoms with van der Waals surface area (Å²) in [5.74, 6) is -1.49. The average Bonchev–Trinajstić information content (AvgIpc) is 2.74. The number of nitrogens with one attached hydrogen (secondary N) is 1. The number of likely N-dealkylation sites (N-methyl/N-ethyl adjacent to an activating group) is 1. The number of hydrogen-bond acceptors (Lipinski definition) is 4. The number of carbonyl (C=O) groups is 2. The number of amides is 2. The largest absolute Gasteiger partial charge is 0.357 e. The molecular formula is C22H28FN3O4S. The molecule has 0 bridgehead atoms. The Morgan fingerprint density at radius 1 is 1.10 bits per heavy atom. The Balaban J connectivity index is 2.33. The topological polar surface area (TPSA) is 86.8 Å². The summed E-state index contributed by atoms with van der Waals surface area (Å²) < 4.78 is 39.3. The number of anilines is 1. The fraction of sp³-hybridized carbons (Fsp3) is 0.364. The first-order chi connectivity index (χ1) is 14.7. The summed E-state index contributed by atoms with van der Waals surface area (Å²) in [4.78, 5) is 27.0. The second kappa shape index (κ2) is 10.9. The standard InChI is InChI=1S/C22H28FN3O4S/c1-4-20(22(28)24-2)25(14-13-17-9-6-5-7-10-17)21(27)16-26(31(3,29)30)19-12-8-11-18(23)15-19/h5-12,15,20H,4,13-14,16H2,1-3H3,(H,24,28)/t20-/m1/s1. The molecule has 0 radical (unpaired) electrons. The molecule has 31 heavy (non-hydrogen) atoms. The lowest BCUT2D eigenvalue weighted by Crippen LogP contribution is -2.52. The van der Waals surface area contributed by atoms with E-state index in [1.807, 2.05) is 30.3 Å². The van der Waals surface area contributed by atoms with E-state index in [9.17, 15) is 22.4 Å². The molecule has 0 saturated heterocycles. The maximum atomic E-state index is 13.7. The molecule has 1 atom stereocenters. The number of hydrogen-bond donors (Lipinski definition) is 1.